The summed E-state index contributed by atoms with van der Waals surface area (Å²) < 4.78 is 0. The molecule has 0 bridgehead atoms. The first-order valence-corrected chi connectivity index (χ1v) is 9.22. The van der Waals surface area contributed by atoms with E-state index in [4.69, 9.17) is 0 Å². The normalized spacial score (nSPS) is 11.0. The first-order chi connectivity index (χ1) is 12.7. The van der Waals surface area contributed by atoms with Crippen molar-refractivity contribution in [2.24, 2.45) is 10.2 Å². The van der Waals surface area contributed by atoms with E-state index in [1.165, 1.54) is 37.4 Å². The molecule has 5 heteroatoms. The van der Waals surface area contributed by atoms with Crippen molar-refractivity contribution in [1.29, 1.82) is 0 Å². The molecule has 0 aliphatic rings. The van der Waals surface area contributed by atoms with Crippen molar-refractivity contribution in [1.82, 2.24) is 0 Å². The van der Waals surface area contributed by atoms with Crippen molar-refractivity contribution in [2.45, 2.75) is 39.5 Å². The summed E-state index contributed by atoms with van der Waals surface area (Å²) in [5.41, 5.74) is 2.20. The Morgan fingerprint density at radius 2 is 1.54 bits per heavy atom. The Bertz CT molecular complexity index is 718. The number of benzene rings is 2. The van der Waals surface area contributed by atoms with Gasteiger partial charge in [-0.05, 0) is 43.2 Å². The number of carbonyl (C=O) groups excluding carboxylic acids is 1. The van der Waals surface area contributed by atoms with Crippen LogP contribution in [0, 0.1) is 0 Å². The second-order valence-corrected chi connectivity index (χ2v) is 6.22. The monoisotopic (exact) mass is 352 g/mol. The van der Waals surface area contributed by atoms with Crippen LogP contribution in [0.2, 0.25) is 0 Å². The number of nitrogens with zero attached hydrogens (tertiary/aromatic N) is 3. The van der Waals surface area contributed by atoms with Crippen LogP contribution in [0.1, 0.15) is 49.9 Å². The molecule has 0 aliphatic heterocycles. The average molecular weight is 352 g/mol. The van der Waals surface area contributed by atoms with Crippen molar-refractivity contribution in [3.8, 4) is 0 Å². The molecule has 2 rings (SSSR count). The van der Waals surface area contributed by atoms with E-state index < -0.39 is 5.97 Å². The number of hydrogen-bond donors (Lipinski definition) is 0. The van der Waals surface area contributed by atoms with Gasteiger partial charge in [0.1, 0.15) is 0 Å². The first kappa shape index (κ1) is 19.6. The second kappa shape index (κ2) is 10.3. The minimum atomic E-state index is -1.25. The fraction of sp³-hybridized carbons (Fsp3) is 0.381. The van der Waals surface area contributed by atoms with E-state index in [2.05, 4.69) is 29.0 Å². The molecule has 0 amide bonds. The van der Waals surface area contributed by atoms with Crippen LogP contribution in [0.3, 0.4) is 0 Å². The SMILES string of the molecule is CCCCN(CCCC)c1ccc(N=Nc2ccccc2C(=O)[O-])cc1. The summed E-state index contributed by atoms with van der Waals surface area (Å²) in [6.45, 7) is 6.50. The van der Waals surface area contributed by atoms with Gasteiger partial charge in [-0.2, -0.15) is 5.11 Å². The highest BCUT2D eigenvalue weighted by molar-refractivity contribution is 5.91. The van der Waals surface area contributed by atoms with Crippen LogP contribution in [0.25, 0.3) is 0 Å². The van der Waals surface area contributed by atoms with Gasteiger partial charge in [0.25, 0.3) is 0 Å². The maximum absolute atomic E-state index is 11.1. The van der Waals surface area contributed by atoms with E-state index in [1.807, 2.05) is 24.3 Å². The molecule has 2 aromatic carbocycles. The van der Waals surface area contributed by atoms with E-state index >= 15 is 0 Å². The maximum atomic E-state index is 11.1. The standard InChI is InChI=1S/C21H27N3O2/c1-3-5-15-24(16-6-4-2)18-13-11-17(12-14-18)22-23-20-10-8-7-9-19(20)21(25)26/h7-14H,3-6,15-16H2,1-2H3,(H,25,26)/p-1. The Morgan fingerprint density at radius 3 is 2.12 bits per heavy atom. The molecule has 0 saturated carbocycles. The largest absolute Gasteiger partial charge is 0.545 e. The summed E-state index contributed by atoms with van der Waals surface area (Å²) in [5, 5.41) is 19.3. The lowest BCUT2D eigenvalue weighted by Gasteiger charge is -2.24. The van der Waals surface area contributed by atoms with Gasteiger partial charge < -0.3 is 14.8 Å². The highest BCUT2D eigenvalue weighted by Gasteiger charge is 2.06. The third-order valence-electron chi connectivity index (χ3n) is 4.18. The van der Waals surface area contributed by atoms with Crippen LogP contribution in [-0.2, 0) is 0 Å². The summed E-state index contributed by atoms with van der Waals surface area (Å²) >= 11 is 0. The smallest absolute Gasteiger partial charge is 0.0947 e. The number of anilines is 1. The molecule has 0 heterocycles. The maximum Gasteiger partial charge on any atom is 0.0947 e. The van der Waals surface area contributed by atoms with Gasteiger partial charge in [0, 0.05) is 24.3 Å². The third-order valence-corrected chi connectivity index (χ3v) is 4.18. The van der Waals surface area contributed by atoms with Crippen molar-refractivity contribution < 1.29 is 9.90 Å². The Morgan fingerprint density at radius 1 is 0.923 bits per heavy atom. The molecular formula is C21H26N3O2-. The lowest BCUT2D eigenvalue weighted by Crippen LogP contribution is -2.25. The quantitative estimate of drug-likeness (QED) is 0.573. The predicted molar refractivity (Wildman–Crippen MR) is 103 cm³/mol. The van der Waals surface area contributed by atoms with Gasteiger partial charge >= 0.3 is 0 Å². The summed E-state index contributed by atoms with van der Waals surface area (Å²) in [7, 11) is 0. The topological polar surface area (TPSA) is 68.1 Å². The minimum absolute atomic E-state index is 0.0400. The molecule has 26 heavy (non-hydrogen) atoms. The lowest BCUT2D eigenvalue weighted by atomic mass is 10.2. The molecule has 0 radical (unpaired) electrons. The number of carboxylic acid groups (broad SMARTS) is 1. The van der Waals surface area contributed by atoms with Gasteiger partial charge in [-0.3, -0.25) is 0 Å². The Hall–Kier alpha value is -2.69. The Kier molecular flexibility index (Phi) is 7.80. The van der Waals surface area contributed by atoms with E-state index in [-0.39, 0.29) is 5.56 Å². The third kappa shape index (κ3) is 5.69. The second-order valence-electron chi connectivity index (χ2n) is 6.22. The lowest BCUT2D eigenvalue weighted by molar-refractivity contribution is -0.254. The van der Waals surface area contributed by atoms with Crippen LogP contribution in [0.4, 0.5) is 17.1 Å². The Balaban J connectivity index is 2.12. The zero-order chi connectivity index (χ0) is 18.8. The number of hydrogen-bond acceptors (Lipinski definition) is 5. The van der Waals surface area contributed by atoms with Crippen molar-refractivity contribution >= 4 is 23.0 Å². The zero-order valence-corrected chi connectivity index (χ0v) is 15.5. The molecular weight excluding hydrogens is 326 g/mol. The molecule has 5 nitrogen and oxygen atoms in total. The number of azo groups is 1. The van der Waals surface area contributed by atoms with Crippen LogP contribution in [0.5, 0.6) is 0 Å². The molecule has 0 N–H and O–H groups in total. The van der Waals surface area contributed by atoms with Crippen LogP contribution >= 0.6 is 0 Å². The Labute approximate surface area is 155 Å². The molecule has 0 spiro atoms. The highest BCUT2D eigenvalue weighted by atomic mass is 16.4. The van der Waals surface area contributed by atoms with Crippen LogP contribution in [-0.4, -0.2) is 19.1 Å². The predicted octanol–water partition coefficient (Wildman–Crippen LogP) is 4.87. The van der Waals surface area contributed by atoms with Gasteiger partial charge in [-0.15, -0.1) is 5.11 Å². The molecule has 0 aliphatic carbocycles. The van der Waals surface area contributed by atoms with Gasteiger partial charge in [-0.1, -0.05) is 44.9 Å². The fourth-order valence-corrected chi connectivity index (χ4v) is 2.64. The average Bonchev–Trinajstić information content (AvgIpc) is 2.67. The molecule has 0 fully saturated rings. The highest BCUT2D eigenvalue weighted by Crippen LogP contribution is 2.24. The van der Waals surface area contributed by atoms with Crippen molar-refractivity contribution in [3.05, 3.63) is 54.1 Å². The van der Waals surface area contributed by atoms with Crippen molar-refractivity contribution in [2.75, 3.05) is 18.0 Å². The number of unbranched alkanes of at least 4 members (excludes halogenated alkanes) is 2. The summed E-state index contributed by atoms with van der Waals surface area (Å²) in [6, 6.07) is 14.3. The molecule has 138 valence electrons. The van der Waals surface area contributed by atoms with Gasteiger partial charge in [0.15, 0.2) is 0 Å². The van der Waals surface area contributed by atoms with E-state index in [0.29, 0.717) is 11.4 Å². The molecule has 2 aromatic rings. The molecule has 0 atom stereocenters. The van der Waals surface area contributed by atoms with Crippen LogP contribution in [0.15, 0.2) is 58.8 Å². The zero-order valence-electron chi connectivity index (χ0n) is 15.5. The van der Waals surface area contributed by atoms with E-state index in [0.717, 1.165) is 13.1 Å². The van der Waals surface area contributed by atoms with Gasteiger partial charge in [0.2, 0.25) is 0 Å². The van der Waals surface area contributed by atoms with E-state index in [1.54, 1.807) is 18.2 Å². The number of carbonyl (C=O) groups is 1. The van der Waals surface area contributed by atoms with E-state index in [9.17, 15) is 9.90 Å². The van der Waals surface area contributed by atoms with Crippen LogP contribution < -0.4 is 10.0 Å². The molecule has 0 unspecified atom stereocenters. The van der Waals surface area contributed by atoms with Gasteiger partial charge in [0.05, 0.1) is 17.3 Å². The summed E-state index contributed by atoms with van der Waals surface area (Å²) in [4.78, 5) is 13.5. The number of aromatic carboxylic acids is 1. The minimum Gasteiger partial charge on any atom is -0.545 e. The number of rotatable bonds is 10. The summed E-state index contributed by atoms with van der Waals surface area (Å²) in [5.74, 6) is -1.25. The number of carboxylic acids is 1. The first-order valence-electron chi connectivity index (χ1n) is 9.22. The molecule has 0 saturated heterocycles. The molecule has 0 aromatic heterocycles. The van der Waals surface area contributed by atoms with Crippen molar-refractivity contribution in [3.63, 3.8) is 0 Å². The van der Waals surface area contributed by atoms with Gasteiger partial charge in [-0.25, -0.2) is 0 Å². The summed E-state index contributed by atoms with van der Waals surface area (Å²) in [6.07, 6.45) is 4.69. The fourth-order valence-electron chi connectivity index (χ4n) is 2.64.